The normalized spacial score (nSPS) is 11.9. The molecule has 0 aliphatic rings. The van der Waals surface area contributed by atoms with Gasteiger partial charge in [-0.1, -0.05) is 19.4 Å². The summed E-state index contributed by atoms with van der Waals surface area (Å²) < 4.78 is 0. The zero-order valence-corrected chi connectivity index (χ0v) is 10.3. The Bertz CT molecular complexity index is 459. The van der Waals surface area contributed by atoms with Crippen LogP contribution in [-0.2, 0) is 4.79 Å². The fraction of sp³-hybridized carbons (Fsp3) is 0.417. The van der Waals surface area contributed by atoms with Gasteiger partial charge in [0.2, 0.25) is 0 Å². The number of benzene rings is 1. The quantitative estimate of drug-likeness (QED) is 0.599. The molecule has 0 radical (unpaired) electrons. The Morgan fingerprint density at radius 1 is 1.56 bits per heavy atom. The molecular weight excluding hydrogens is 236 g/mol. The number of anilines is 1. The molecule has 0 aromatic heterocycles. The van der Waals surface area contributed by atoms with E-state index in [1.54, 1.807) is 19.1 Å². The Morgan fingerprint density at radius 3 is 2.72 bits per heavy atom. The number of nitro groups is 1. The number of nitro benzene ring substituents is 1. The minimum absolute atomic E-state index is 0.0133. The van der Waals surface area contributed by atoms with Crippen molar-refractivity contribution >= 4 is 17.3 Å². The summed E-state index contributed by atoms with van der Waals surface area (Å²) in [4.78, 5) is 21.3. The lowest BCUT2D eigenvalue weighted by Crippen LogP contribution is -2.28. The summed E-state index contributed by atoms with van der Waals surface area (Å²) in [5, 5.41) is 22.6. The molecule has 0 saturated carbocycles. The lowest BCUT2D eigenvalue weighted by atomic mass is 10.1. The van der Waals surface area contributed by atoms with Crippen LogP contribution in [0.15, 0.2) is 18.2 Å². The minimum atomic E-state index is -0.958. The van der Waals surface area contributed by atoms with E-state index >= 15 is 0 Å². The van der Waals surface area contributed by atoms with Gasteiger partial charge in [-0.2, -0.15) is 0 Å². The van der Waals surface area contributed by atoms with Crippen LogP contribution in [0.2, 0.25) is 0 Å². The maximum absolute atomic E-state index is 11.0. The molecule has 6 nitrogen and oxygen atoms in total. The number of nitrogens with zero attached hydrogens (tertiary/aromatic N) is 1. The predicted molar refractivity (Wildman–Crippen MR) is 67.8 cm³/mol. The van der Waals surface area contributed by atoms with Crippen molar-refractivity contribution in [3.63, 3.8) is 0 Å². The molecule has 0 aliphatic carbocycles. The number of rotatable bonds is 6. The Hall–Kier alpha value is -2.11. The molecule has 0 amide bonds. The first kappa shape index (κ1) is 14.0. The van der Waals surface area contributed by atoms with E-state index in [9.17, 15) is 14.9 Å². The zero-order valence-electron chi connectivity index (χ0n) is 10.3. The summed E-state index contributed by atoms with van der Waals surface area (Å²) in [6, 6.07) is 3.89. The summed E-state index contributed by atoms with van der Waals surface area (Å²) in [6.07, 6.45) is 1.19. The highest BCUT2D eigenvalue weighted by atomic mass is 16.6. The number of aryl methyl sites for hydroxylation is 1. The number of carboxylic acid groups (broad SMARTS) is 1. The van der Waals surface area contributed by atoms with Crippen LogP contribution in [0.25, 0.3) is 0 Å². The van der Waals surface area contributed by atoms with Crippen molar-refractivity contribution in [2.45, 2.75) is 32.7 Å². The second-order valence-electron chi connectivity index (χ2n) is 4.08. The molecule has 1 rings (SSSR count). The molecule has 2 N–H and O–H groups in total. The van der Waals surface area contributed by atoms with Gasteiger partial charge in [-0.3, -0.25) is 10.1 Å². The lowest BCUT2D eigenvalue weighted by molar-refractivity contribution is -0.385. The molecule has 0 spiro atoms. The van der Waals surface area contributed by atoms with Crippen LogP contribution in [0.4, 0.5) is 11.4 Å². The van der Waals surface area contributed by atoms with E-state index in [0.717, 1.165) is 6.42 Å². The van der Waals surface area contributed by atoms with Crippen LogP contribution in [0, 0.1) is 17.0 Å². The summed E-state index contributed by atoms with van der Waals surface area (Å²) in [5.41, 5.74) is 0.988. The first-order valence-corrected chi connectivity index (χ1v) is 5.70. The smallest absolute Gasteiger partial charge is 0.326 e. The molecule has 0 bridgehead atoms. The zero-order chi connectivity index (χ0) is 13.7. The van der Waals surface area contributed by atoms with E-state index in [1.807, 2.05) is 6.92 Å². The summed E-state index contributed by atoms with van der Waals surface area (Å²) in [5.74, 6) is -0.958. The molecule has 1 aromatic carbocycles. The van der Waals surface area contributed by atoms with Crippen molar-refractivity contribution in [1.29, 1.82) is 0 Å². The van der Waals surface area contributed by atoms with Crippen LogP contribution in [-0.4, -0.2) is 22.0 Å². The van der Waals surface area contributed by atoms with Gasteiger partial charge in [-0.15, -0.1) is 0 Å². The van der Waals surface area contributed by atoms with E-state index < -0.39 is 16.9 Å². The molecule has 18 heavy (non-hydrogen) atoms. The molecule has 1 aromatic rings. The van der Waals surface area contributed by atoms with Gasteiger partial charge in [-0.25, -0.2) is 4.79 Å². The first-order chi connectivity index (χ1) is 8.45. The maximum atomic E-state index is 11.0. The second-order valence-corrected chi connectivity index (χ2v) is 4.08. The van der Waals surface area contributed by atoms with Crippen molar-refractivity contribution in [3.05, 3.63) is 33.9 Å². The van der Waals surface area contributed by atoms with E-state index in [2.05, 4.69) is 5.32 Å². The average molecular weight is 252 g/mol. The van der Waals surface area contributed by atoms with Crippen molar-refractivity contribution in [2.24, 2.45) is 0 Å². The maximum Gasteiger partial charge on any atom is 0.326 e. The molecule has 0 saturated heterocycles. The standard InChI is InChI=1S/C12H16N2O4/c1-3-4-10(12(15)16)13-9-6-5-8(2)11(7-9)14(17)18/h5-7,10,13H,3-4H2,1-2H3,(H,15,16). The summed E-state index contributed by atoms with van der Waals surface area (Å²) >= 11 is 0. The van der Waals surface area contributed by atoms with Crippen LogP contribution in [0.1, 0.15) is 25.3 Å². The summed E-state index contributed by atoms with van der Waals surface area (Å²) in [6.45, 7) is 3.53. The third-order valence-corrected chi connectivity index (χ3v) is 2.62. The number of hydrogen-bond donors (Lipinski definition) is 2. The Kier molecular flexibility index (Phi) is 4.65. The topological polar surface area (TPSA) is 92.5 Å². The fourth-order valence-electron chi connectivity index (χ4n) is 1.64. The lowest BCUT2D eigenvalue weighted by Gasteiger charge is -2.14. The van der Waals surface area contributed by atoms with Crippen molar-refractivity contribution in [3.8, 4) is 0 Å². The Morgan fingerprint density at radius 2 is 2.22 bits per heavy atom. The third-order valence-electron chi connectivity index (χ3n) is 2.62. The van der Waals surface area contributed by atoms with Gasteiger partial charge in [-0.05, 0) is 19.4 Å². The highest BCUT2D eigenvalue weighted by Crippen LogP contribution is 2.23. The molecule has 0 heterocycles. The van der Waals surface area contributed by atoms with E-state index in [-0.39, 0.29) is 5.69 Å². The van der Waals surface area contributed by atoms with Crippen LogP contribution in [0.5, 0.6) is 0 Å². The highest BCUT2D eigenvalue weighted by Gasteiger charge is 2.18. The number of nitrogens with one attached hydrogen (secondary N) is 1. The minimum Gasteiger partial charge on any atom is -0.480 e. The van der Waals surface area contributed by atoms with Gasteiger partial charge in [0, 0.05) is 17.3 Å². The molecule has 0 aliphatic heterocycles. The van der Waals surface area contributed by atoms with Gasteiger partial charge in [0.15, 0.2) is 0 Å². The second kappa shape index (κ2) is 6.00. The van der Waals surface area contributed by atoms with Gasteiger partial charge in [0.25, 0.3) is 5.69 Å². The van der Waals surface area contributed by atoms with Crippen molar-refractivity contribution < 1.29 is 14.8 Å². The molecule has 6 heteroatoms. The fourth-order valence-corrected chi connectivity index (χ4v) is 1.64. The molecule has 0 fully saturated rings. The monoisotopic (exact) mass is 252 g/mol. The molecular formula is C12H16N2O4. The van der Waals surface area contributed by atoms with Crippen molar-refractivity contribution in [2.75, 3.05) is 5.32 Å². The predicted octanol–water partition coefficient (Wildman–Crippen LogP) is 2.57. The average Bonchev–Trinajstić information content (AvgIpc) is 2.30. The largest absolute Gasteiger partial charge is 0.480 e. The van der Waals surface area contributed by atoms with Crippen LogP contribution < -0.4 is 5.32 Å². The highest BCUT2D eigenvalue weighted by molar-refractivity contribution is 5.77. The molecule has 98 valence electrons. The van der Waals surface area contributed by atoms with Gasteiger partial charge in [0.05, 0.1) is 4.92 Å². The Labute approximate surface area is 105 Å². The number of hydrogen-bond acceptors (Lipinski definition) is 4. The van der Waals surface area contributed by atoms with Crippen LogP contribution >= 0.6 is 0 Å². The van der Waals surface area contributed by atoms with E-state index in [4.69, 9.17) is 5.11 Å². The van der Waals surface area contributed by atoms with Crippen molar-refractivity contribution in [1.82, 2.24) is 0 Å². The number of carbonyl (C=O) groups is 1. The van der Waals surface area contributed by atoms with E-state index in [1.165, 1.54) is 6.07 Å². The van der Waals surface area contributed by atoms with Gasteiger partial charge < -0.3 is 10.4 Å². The van der Waals surface area contributed by atoms with E-state index in [0.29, 0.717) is 17.7 Å². The molecule has 1 atom stereocenters. The van der Waals surface area contributed by atoms with Gasteiger partial charge in [0.1, 0.15) is 6.04 Å². The third kappa shape index (κ3) is 3.44. The number of aliphatic carboxylic acids is 1. The first-order valence-electron chi connectivity index (χ1n) is 5.70. The van der Waals surface area contributed by atoms with Crippen LogP contribution in [0.3, 0.4) is 0 Å². The summed E-state index contributed by atoms with van der Waals surface area (Å²) in [7, 11) is 0. The van der Waals surface area contributed by atoms with Gasteiger partial charge >= 0.3 is 5.97 Å². The SMILES string of the molecule is CCCC(Nc1ccc(C)c([N+](=O)[O-])c1)C(=O)O. The number of carboxylic acids is 1. The Balaban J connectivity index is 2.93. The molecule has 1 unspecified atom stereocenters.